The average Bonchev–Trinajstić information content (AvgIpc) is 3.01. The summed E-state index contributed by atoms with van der Waals surface area (Å²) in [6.45, 7) is 2.89. The summed E-state index contributed by atoms with van der Waals surface area (Å²) in [5.74, 6) is 0.459. The predicted molar refractivity (Wildman–Crippen MR) is 99.6 cm³/mol. The van der Waals surface area contributed by atoms with E-state index in [1.165, 1.54) is 12.4 Å². The molecular weight excluding hydrogens is 352 g/mol. The van der Waals surface area contributed by atoms with Crippen LogP contribution < -0.4 is 5.32 Å². The monoisotopic (exact) mass is 374 g/mol. The van der Waals surface area contributed by atoms with Crippen molar-refractivity contribution >= 4 is 21.6 Å². The molecule has 0 bridgehead atoms. The molecule has 1 N–H and O–H groups in total. The van der Waals surface area contributed by atoms with Crippen LogP contribution in [0, 0.1) is 0 Å². The number of carbonyl (C=O) groups excluding carboxylic acids is 1. The van der Waals surface area contributed by atoms with Crippen LogP contribution >= 0.6 is 0 Å². The molecule has 0 aliphatic carbocycles. The fourth-order valence-electron chi connectivity index (χ4n) is 3.05. The van der Waals surface area contributed by atoms with Crippen LogP contribution in [0.5, 0.6) is 0 Å². The lowest BCUT2D eigenvalue weighted by atomic mass is 10.2. The Bertz CT molecular complexity index is 854. The molecule has 8 heteroatoms. The van der Waals surface area contributed by atoms with Gasteiger partial charge in [-0.25, -0.2) is 18.4 Å². The third kappa shape index (κ3) is 4.37. The number of amides is 1. The van der Waals surface area contributed by atoms with Gasteiger partial charge in [-0.2, -0.15) is 0 Å². The van der Waals surface area contributed by atoms with E-state index < -0.39 is 9.84 Å². The summed E-state index contributed by atoms with van der Waals surface area (Å²) in [6.07, 6.45) is 3.43. The number of hydrogen-bond donors (Lipinski definition) is 1. The number of nitrogens with one attached hydrogen (secondary N) is 1. The van der Waals surface area contributed by atoms with E-state index in [9.17, 15) is 13.2 Å². The lowest BCUT2D eigenvalue weighted by Gasteiger charge is -2.26. The Morgan fingerprint density at radius 1 is 1.23 bits per heavy atom. The minimum Gasteiger partial charge on any atom is -0.365 e. The molecule has 1 aromatic heterocycles. The van der Waals surface area contributed by atoms with Gasteiger partial charge in [-0.15, -0.1) is 0 Å². The molecule has 0 saturated carbocycles. The molecular formula is C18H22N4O3S. The van der Waals surface area contributed by atoms with E-state index in [2.05, 4.69) is 15.3 Å². The van der Waals surface area contributed by atoms with E-state index in [-0.39, 0.29) is 29.1 Å². The van der Waals surface area contributed by atoms with E-state index >= 15 is 0 Å². The second-order valence-corrected chi connectivity index (χ2v) is 8.50. The lowest BCUT2D eigenvalue weighted by Crippen LogP contribution is -2.41. The van der Waals surface area contributed by atoms with Crippen molar-refractivity contribution in [1.82, 2.24) is 14.9 Å². The Labute approximate surface area is 153 Å². The summed E-state index contributed by atoms with van der Waals surface area (Å²) in [6, 6.07) is 9.62. The second-order valence-electron chi connectivity index (χ2n) is 6.27. The van der Waals surface area contributed by atoms with Crippen molar-refractivity contribution in [2.24, 2.45) is 0 Å². The Kier molecular flexibility index (Phi) is 5.51. The van der Waals surface area contributed by atoms with Crippen LogP contribution in [-0.2, 0) is 16.4 Å². The molecule has 1 saturated heterocycles. The average molecular weight is 374 g/mol. The first-order valence-corrected chi connectivity index (χ1v) is 10.4. The maximum atomic E-state index is 12.7. The lowest BCUT2D eigenvalue weighted by molar-refractivity contribution is 0.0702. The van der Waals surface area contributed by atoms with Crippen LogP contribution in [0.15, 0.2) is 42.7 Å². The van der Waals surface area contributed by atoms with E-state index in [1.807, 2.05) is 37.3 Å². The normalized spacial score (nSPS) is 18.4. The summed E-state index contributed by atoms with van der Waals surface area (Å²) < 4.78 is 23.4. The molecule has 1 aromatic carbocycles. The highest BCUT2D eigenvalue weighted by molar-refractivity contribution is 7.91. The minimum absolute atomic E-state index is 0.0245. The molecule has 0 spiro atoms. The van der Waals surface area contributed by atoms with E-state index in [1.54, 1.807) is 4.90 Å². The van der Waals surface area contributed by atoms with Crippen LogP contribution in [-0.4, -0.2) is 53.3 Å². The molecule has 138 valence electrons. The Morgan fingerprint density at radius 3 is 2.58 bits per heavy atom. The highest BCUT2D eigenvalue weighted by Gasteiger charge is 2.34. The number of nitrogens with zero attached hydrogens (tertiary/aromatic N) is 3. The van der Waals surface area contributed by atoms with Crippen molar-refractivity contribution < 1.29 is 13.2 Å². The van der Waals surface area contributed by atoms with E-state index in [4.69, 9.17) is 0 Å². The summed E-state index contributed by atoms with van der Waals surface area (Å²) in [4.78, 5) is 22.7. The Hall–Kier alpha value is -2.48. The standard InChI is InChI=1S/C18H22N4O3S/c1-2-22(15-8-9-26(24,25)13-15)18(23)16-11-21-17(12-19-16)20-10-14-6-4-3-5-7-14/h3-7,11-12,15H,2,8-10,13H2,1H3,(H,20,21). The minimum atomic E-state index is -3.05. The van der Waals surface area contributed by atoms with Gasteiger partial charge in [0.05, 0.1) is 23.9 Å². The number of aromatic nitrogens is 2. The summed E-state index contributed by atoms with van der Waals surface area (Å²) >= 11 is 0. The van der Waals surface area contributed by atoms with Crippen LogP contribution in [0.2, 0.25) is 0 Å². The Balaban J connectivity index is 1.64. The topological polar surface area (TPSA) is 92.3 Å². The van der Waals surface area contributed by atoms with Crippen LogP contribution in [0.4, 0.5) is 5.82 Å². The Morgan fingerprint density at radius 2 is 2.00 bits per heavy atom. The maximum absolute atomic E-state index is 12.7. The molecule has 1 aliphatic heterocycles. The highest BCUT2D eigenvalue weighted by Crippen LogP contribution is 2.19. The van der Waals surface area contributed by atoms with Crippen molar-refractivity contribution in [2.75, 3.05) is 23.4 Å². The first-order valence-electron chi connectivity index (χ1n) is 8.60. The van der Waals surface area contributed by atoms with Crippen LogP contribution in [0.1, 0.15) is 29.4 Å². The van der Waals surface area contributed by atoms with E-state index in [0.717, 1.165) is 5.56 Å². The molecule has 2 heterocycles. The zero-order valence-electron chi connectivity index (χ0n) is 14.6. The zero-order valence-corrected chi connectivity index (χ0v) is 15.4. The molecule has 1 atom stereocenters. The van der Waals surface area contributed by atoms with Gasteiger partial charge >= 0.3 is 0 Å². The van der Waals surface area contributed by atoms with Crippen LogP contribution in [0.3, 0.4) is 0 Å². The van der Waals surface area contributed by atoms with Gasteiger partial charge in [0.25, 0.3) is 5.91 Å². The van der Waals surface area contributed by atoms with Gasteiger partial charge in [0.15, 0.2) is 9.84 Å². The summed E-state index contributed by atoms with van der Waals surface area (Å²) in [5, 5.41) is 3.16. The third-order valence-electron chi connectivity index (χ3n) is 4.44. The third-order valence-corrected chi connectivity index (χ3v) is 6.19. The first-order chi connectivity index (χ1) is 12.5. The number of carbonyl (C=O) groups is 1. The van der Waals surface area contributed by atoms with Gasteiger partial charge in [0.1, 0.15) is 11.5 Å². The number of rotatable bonds is 6. The van der Waals surface area contributed by atoms with Crippen molar-refractivity contribution in [3.63, 3.8) is 0 Å². The fraction of sp³-hybridized carbons (Fsp3) is 0.389. The second kappa shape index (κ2) is 7.82. The molecule has 1 amide bonds. The largest absolute Gasteiger partial charge is 0.365 e. The van der Waals surface area contributed by atoms with Gasteiger partial charge in [-0.1, -0.05) is 30.3 Å². The van der Waals surface area contributed by atoms with Gasteiger partial charge in [-0.3, -0.25) is 4.79 Å². The smallest absolute Gasteiger partial charge is 0.274 e. The number of anilines is 1. The summed E-state index contributed by atoms with van der Waals surface area (Å²) in [5.41, 5.74) is 1.34. The predicted octanol–water partition coefficient (Wildman–Crippen LogP) is 1.74. The first kappa shape index (κ1) is 18.3. The molecule has 7 nitrogen and oxygen atoms in total. The molecule has 2 aromatic rings. The zero-order chi connectivity index (χ0) is 18.6. The highest BCUT2D eigenvalue weighted by atomic mass is 32.2. The molecule has 3 rings (SSSR count). The molecule has 26 heavy (non-hydrogen) atoms. The van der Waals surface area contributed by atoms with Crippen molar-refractivity contribution in [2.45, 2.75) is 25.9 Å². The van der Waals surface area contributed by atoms with Gasteiger partial charge in [0, 0.05) is 19.1 Å². The molecule has 1 unspecified atom stereocenters. The van der Waals surface area contributed by atoms with E-state index in [0.29, 0.717) is 25.3 Å². The van der Waals surface area contributed by atoms with Gasteiger partial charge in [-0.05, 0) is 18.9 Å². The molecule has 1 fully saturated rings. The van der Waals surface area contributed by atoms with Crippen molar-refractivity contribution in [3.05, 3.63) is 54.0 Å². The van der Waals surface area contributed by atoms with Crippen molar-refractivity contribution in [3.8, 4) is 0 Å². The van der Waals surface area contributed by atoms with Crippen LogP contribution in [0.25, 0.3) is 0 Å². The summed E-state index contributed by atoms with van der Waals surface area (Å²) in [7, 11) is -3.05. The fourth-order valence-corrected chi connectivity index (χ4v) is 4.78. The van der Waals surface area contributed by atoms with Gasteiger partial charge in [0.2, 0.25) is 0 Å². The van der Waals surface area contributed by atoms with Gasteiger partial charge < -0.3 is 10.2 Å². The quantitative estimate of drug-likeness (QED) is 0.828. The maximum Gasteiger partial charge on any atom is 0.274 e. The SMILES string of the molecule is CCN(C(=O)c1cnc(NCc2ccccc2)cn1)C1CCS(=O)(=O)C1. The number of sulfone groups is 1. The molecule has 1 aliphatic rings. The number of benzene rings is 1. The number of hydrogen-bond acceptors (Lipinski definition) is 6. The molecule has 0 radical (unpaired) electrons. The van der Waals surface area contributed by atoms with Crippen molar-refractivity contribution in [1.29, 1.82) is 0 Å².